The van der Waals surface area contributed by atoms with Crippen molar-refractivity contribution >= 4 is 15.9 Å². The second kappa shape index (κ2) is 6.88. The molecule has 130 valence electrons. The van der Waals surface area contributed by atoms with Crippen molar-refractivity contribution in [3.63, 3.8) is 0 Å². The Morgan fingerprint density at radius 2 is 1.70 bits per heavy atom. The van der Waals surface area contributed by atoms with Gasteiger partial charge >= 0.3 is 12.5 Å². The molecule has 1 fully saturated rings. The number of benzene rings is 1. The molecule has 2 rings (SSSR count). The molecule has 9 heteroatoms. The minimum atomic E-state index is -4.76. The van der Waals surface area contributed by atoms with Crippen molar-refractivity contribution in [2.75, 3.05) is 13.1 Å². The van der Waals surface area contributed by atoms with Crippen LogP contribution in [0.1, 0.15) is 18.4 Å². The molecule has 1 aliphatic heterocycles. The molecule has 23 heavy (non-hydrogen) atoms. The van der Waals surface area contributed by atoms with Crippen molar-refractivity contribution < 1.29 is 31.1 Å². The van der Waals surface area contributed by atoms with Crippen molar-refractivity contribution in [2.24, 2.45) is 5.92 Å². The summed E-state index contributed by atoms with van der Waals surface area (Å²) in [6.45, 7) is 0.978. The predicted octanol–water partition coefficient (Wildman–Crippen LogP) is 5.12. The second-order valence-electron chi connectivity index (χ2n) is 5.39. The Morgan fingerprint density at radius 3 is 2.17 bits per heavy atom. The molecule has 0 atom stereocenters. The molecule has 0 radical (unpaired) electrons. The molecule has 1 saturated heterocycles. The number of halogens is 7. The third-order valence-corrected chi connectivity index (χ3v) is 4.44. The van der Waals surface area contributed by atoms with Crippen molar-refractivity contribution in [1.29, 1.82) is 0 Å². The van der Waals surface area contributed by atoms with Crippen LogP contribution in [0.2, 0.25) is 0 Å². The van der Waals surface area contributed by atoms with Gasteiger partial charge in [0.2, 0.25) is 0 Å². The highest BCUT2D eigenvalue weighted by molar-refractivity contribution is 9.10. The van der Waals surface area contributed by atoms with Gasteiger partial charge in [0.25, 0.3) is 0 Å². The molecule has 0 saturated carbocycles. The third kappa shape index (κ3) is 5.56. The van der Waals surface area contributed by atoms with Crippen LogP contribution in [-0.4, -0.2) is 30.5 Å². The first kappa shape index (κ1) is 18.4. The minimum Gasteiger partial charge on any atom is -0.406 e. The minimum absolute atomic E-state index is 0.0381. The molecule has 0 aromatic heterocycles. The lowest BCUT2D eigenvalue weighted by molar-refractivity contribution is -0.274. The number of nitrogens with zero attached hydrogens (tertiary/aromatic N) is 1. The van der Waals surface area contributed by atoms with E-state index < -0.39 is 18.5 Å². The van der Waals surface area contributed by atoms with Gasteiger partial charge in [0, 0.05) is 11.0 Å². The molecule has 1 aromatic rings. The number of hydrogen-bond acceptors (Lipinski definition) is 2. The lowest BCUT2D eigenvalue weighted by atomic mass is 9.96. The fourth-order valence-corrected chi connectivity index (χ4v) is 3.00. The quantitative estimate of drug-likeness (QED) is 0.647. The lowest BCUT2D eigenvalue weighted by Gasteiger charge is -2.33. The lowest BCUT2D eigenvalue weighted by Crippen LogP contribution is -2.38. The van der Waals surface area contributed by atoms with E-state index in [4.69, 9.17) is 0 Å². The predicted molar refractivity (Wildman–Crippen MR) is 74.9 cm³/mol. The maximum atomic E-state index is 12.6. The monoisotopic (exact) mass is 405 g/mol. The zero-order chi connectivity index (χ0) is 17.3. The van der Waals surface area contributed by atoms with Crippen LogP contribution in [0.15, 0.2) is 22.7 Å². The molecule has 1 heterocycles. The fourth-order valence-electron chi connectivity index (χ4n) is 2.51. The molecule has 1 aromatic carbocycles. The van der Waals surface area contributed by atoms with Gasteiger partial charge in [-0.15, -0.1) is 13.2 Å². The maximum Gasteiger partial charge on any atom is 0.573 e. The normalized spacial score (nSPS) is 18.2. The Morgan fingerprint density at radius 1 is 1.09 bits per heavy atom. The maximum absolute atomic E-state index is 12.6. The fraction of sp³-hybridized carbons (Fsp3) is 0.571. The van der Waals surface area contributed by atoms with Crippen molar-refractivity contribution in [2.45, 2.75) is 31.9 Å². The van der Waals surface area contributed by atoms with Gasteiger partial charge in [0.05, 0.1) is 5.92 Å². The largest absolute Gasteiger partial charge is 0.573 e. The van der Waals surface area contributed by atoms with Crippen LogP contribution in [0.4, 0.5) is 26.3 Å². The van der Waals surface area contributed by atoms with E-state index >= 15 is 0 Å². The Hall–Kier alpha value is -0.960. The molecular weight excluding hydrogens is 392 g/mol. The summed E-state index contributed by atoms with van der Waals surface area (Å²) in [6.07, 6.45) is -8.85. The van der Waals surface area contributed by atoms with Gasteiger partial charge in [0.1, 0.15) is 5.75 Å². The first-order chi connectivity index (χ1) is 10.5. The summed E-state index contributed by atoms with van der Waals surface area (Å²) >= 11 is 3.17. The summed E-state index contributed by atoms with van der Waals surface area (Å²) in [6, 6.07) is 3.86. The first-order valence-corrected chi connectivity index (χ1v) is 7.67. The summed E-state index contributed by atoms with van der Waals surface area (Å²) in [5.74, 6) is -1.62. The van der Waals surface area contributed by atoms with Crippen LogP contribution in [0.3, 0.4) is 0 Å². The summed E-state index contributed by atoms with van der Waals surface area (Å²) < 4.78 is 78.5. The van der Waals surface area contributed by atoms with Crippen LogP contribution >= 0.6 is 15.9 Å². The first-order valence-electron chi connectivity index (χ1n) is 6.88. The van der Waals surface area contributed by atoms with Gasteiger partial charge in [-0.2, -0.15) is 13.2 Å². The highest BCUT2D eigenvalue weighted by atomic mass is 79.9. The molecule has 0 unspecified atom stereocenters. The smallest absolute Gasteiger partial charge is 0.406 e. The van der Waals surface area contributed by atoms with Gasteiger partial charge in [0.15, 0.2) is 0 Å². The second-order valence-corrected chi connectivity index (χ2v) is 6.25. The number of likely N-dealkylation sites (tertiary alicyclic amines) is 1. The summed E-state index contributed by atoms with van der Waals surface area (Å²) in [4.78, 5) is 1.85. The molecule has 0 N–H and O–H groups in total. The van der Waals surface area contributed by atoms with Crippen LogP contribution in [0, 0.1) is 5.92 Å². The molecule has 1 aliphatic rings. The highest BCUT2D eigenvalue weighted by Gasteiger charge is 2.41. The van der Waals surface area contributed by atoms with E-state index in [1.165, 1.54) is 18.2 Å². The van der Waals surface area contributed by atoms with Crippen LogP contribution in [0.25, 0.3) is 0 Å². The summed E-state index contributed by atoms with van der Waals surface area (Å²) in [5, 5.41) is 0. The van der Waals surface area contributed by atoms with E-state index in [-0.39, 0.29) is 18.6 Å². The Kier molecular flexibility index (Phi) is 5.50. The molecule has 0 bridgehead atoms. The number of ether oxygens (including phenoxy) is 1. The zero-order valence-corrected chi connectivity index (χ0v) is 13.4. The molecule has 0 aliphatic carbocycles. The van der Waals surface area contributed by atoms with Gasteiger partial charge < -0.3 is 4.74 Å². The van der Waals surface area contributed by atoms with Crippen LogP contribution < -0.4 is 4.74 Å². The van der Waals surface area contributed by atoms with E-state index in [2.05, 4.69) is 20.7 Å². The molecule has 2 nitrogen and oxygen atoms in total. The van der Waals surface area contributed by atoms with Crippen LogP contribution in [0.5, 0.6) is 5.75 Å². The number of hydrogen-bond donors (Lipinski definition) is 0. The van der Waals surface area contributed by atoms with Crippen molar-refractivity contribution in [3.05, 3.63) is 28.2 Å². The van der Waals surface area contributed by atoms with E-state index in [1.54, 1.807) is 0 Å². The topological polar surface area (TPSA) is 12.5 Å². The zero-order valence-electron chi connectivity index (χ0n) is 11.8. The standard InChI is InChI=1S/C14H14BrF6NO/c15-12-7-11(23-14(19,20)21)2-1-9(12)8-22-5-3-10(4-6-22)13(16,17)18/h1-2,7,10H,3-6,8H2. The van der Waals surface area contributed by atoms with Gasteiger partial charge in [-0.05, 0) is 43.6 Å². The van der Waals surface area contributed by atoms with E-state index in [0.717, 1.165) is 0 Å². The molecule has 0 spiro atoms. The summed E-state index contributed by atoms with van der Waals surface area (Å²) in [5.41, 5.74) is 0.699. The Balaban J connectivity index is 1.94. The van der Waals surface area contributed by atoms with E-state index in [1.807, 2.05) is 4.90 Å². The number of piperidine rings is 1. The highest BCUT2D eigenvalue weighted by Crippen LogP contribution is 2.35. The Labute approximate surface area is 137 Å². The Bertz CT molecular complexity index is 537. The van der Waals surface area contributed by atoms with Crippen molar-refractivity contribution in [3.8, 4) is 5.75 Å². The van der Waals surface area contributed by atoms with Gasteiger partial charge in [-0.3, -0.25) is 4.90 Å². The average Bonchev–Trinajstić information content (AvgIpc) is 2.40. The molecule has 0 amide bonds. The number of alkyl halides is 6. The van der Waals surface area contributed by atoms with Gasteiger partial charge in [-0.25, -0.2) is 0 Å². The number of rotatable bonds is 3. The average molecular weight is 406 g/mol. The van der Waals surface area contributed by atoms with E-state index in [9.17, 15) is 26.3 Å². The van der Waals surface area contributed by atoms with Crippen molar-refractivity contribution in [1.82, 2.24) is 4.90 Å². The van der Waals surface area contributed by atoms with E-state index in [0.29, 0.717) is 29.7 Å². The SMILES string of the molecule is FC(F)(F)Oc1ccc(CN2CCC(C(F)(F)F)CC2)c(Br)c1. The van der Waals surface area contributed by atoms with Gasteiger partial charge in [-0.1, -0.05) is 22.0 Å². The third-order valence-electron chi connectivity index (χ3n) is 3.70. The van der Waals surface area contributed by atoms with Crippen LogP contribution in [-0.2, 0) is 6.54 Å². The summed E-state index contributed by atoms with van der Waals surface area (Å²) in [7, 11) is 0. The molecular formula is C14H14BrF6NO.